The van der Waals surface area contributed by atoms with E-state index >= 15 is 0 Å². The molecule has 0 bridgehead atoms. The molecule has 0 aliphatic carbocycles. The van der Waals surface area contributed by atoms with Crippen molar-refractivity contribution in [3.8, 4) is 5.75 Å². The Labute approximate surface area is 132 Å². The van der Waals surface area contributed by atoms with Gasteiger partial charge in [-0.2, -0.15) is 0 Å². The smallest absolute Gasteiger partial charge is 0.272 e. The number of carbonyl (C=O) groups is 1. The number of nitrogens with zero attached hydrogens (tertiary/aromatic N) is 3. The lowest BCUT2D eigenvalue weighted by molar-refractivity contribution is 0.101. The maximum atomic E-state index is 12.4. The third kappa shape index (κ3) is 2.68. The van der Waals surface area contributed by atoms with Crippen molar-refractivity contribution in [2.24, 2.45) is 14.1 Å². The van der Waals surface area contributed by atoms with E-state index in [0.717, 1.165) is 11.0 Å². The monoisotopic (exact) mass is 312 g/mol. The van der Waals surface area contributed by atoms with E-state index in [1.54, 1.807) is 30.1 Å². The van der Waals surface area contributed by atoms with Crippen molar-refractivity contribution in [2.45, 2.75) is 0 Å². The van der Waals surface area contributed by atoms with Gasteiger partial charge in [0, 0.05) is 25.8 Å². The highest BCUT2D eigenvalue weighted by Crippen LogP contribution is 2.18. The first-order valence-corrected chi connectivity index (χ1v) is 6.96. The van der Waals surface area contributed by atoms with Crippen LogP contribution in [-0.4, -0.2) is 27.1 Å². The van der Waals surface area contributed by atoms with E-state index in [2.05, 4.69) is 10.3 Å². The molecule has 0 aliphatic heterocycles. The molecule has 0 radical (unpaired) electrons. The zero-order valence-electron chi connectivity index (χ0n) is 13.0. The number of pyridine rings is 1. The maximum Gasteiger partial charge on any atom is 0.272 e. The molecule has 0 saturated heterocycles. The lowest BCUT2D eigenvalue weighted by Gasteiger charge is -2.10. The maximum absolute atomic E-state index is 12.4. The van der Waals surface area contributed by atoms with Gasteiger partial charge in [0.1, 0.15) is 5.69 Å². The molecule has 0 unspecified atom stereocenters. The number of carbonyl (C=O) groups excluding carboxylic acids is 1. The number of aromatic nitrogens is 3. The summed E-state index contributed by atoms with van der Waals surface area (Å²) in [5.41, 5.74) is 2.28. The Morgan fingerprint density at radius 1 is 1.22 bits per heavy atom. The lowest BCUT2D eigenvalue weighted by atomic mass is 10.2. The number of amides is 1. The van der Waals surface area contributed by atoms with E-state index in [1.807, 2.05) is 17.7 Å². The average molecular weight is 312 g/mol. The molecule has 0 atom stereocenters. The van der Waals surface area contributed by atoms with Crippen LogP contribution in [0.5, 0.6) is 5.75 Å². The van der Waals surface area contributed by atoms with Gasteiger partial charge in [0.05, 0.1) is 30.7 Å². The van der Waals surface area contributed by atoms with E-state index in [0.29, 0.717) is 5.69 Å². The van der Waals surface area contributed by atoms with Crippen molar-refractivity contribution in [1.29, 1.82) is 0 Å². The highest BCUT2D eigenvalue weighted by atomic mass is 16.5. The van der Waals surface area contributed by atoms with Crippen molar-refractivity contribution in [2.75, 3.05) is 12.4 Å². The molecule has 7 nitrogen and oxygen atoms in total. The van der Waals surface area contributed by atoms with Crippen LogP contribution in [0.3, 0.4) is 0 Å². The Morgan fingerprint density at radius 2 is 2.00 bits per heavy atom. The van der Waals surface area contributed by atoms with Gasteiger partial charge in [-0.25, -0.2) is 4.98 Å². The minimum atomic E-state index is -0.373. The molecule has 23 heavy (non-hydrogen) atoms. The minimum absolute atomic E-state index is 0.193. The number of ether oxygens (including phenoxy) is 1. The molecule has 1 N–H and O–H groups in total. The van der Waals surface area contributed by atoms with Gasteiger partial charge in [-0.3, -0.25) is 9.59 Å². The van der Waals surface area contributed by atoms with Gasteiger partial charge >= 0.3 is 0 Å². The topological polar surface area (TPSA) is 78.2 Å². The summed E-state index contributed by atoms with van der Waals surface area (Å²) < 4.78 is 8.40. The molecule has 3 aromatic rings. The Bertz CT molecular complexity index is 956. The van der Waals surface area contributed by atoms with Crippen LogP contribution in [0, 0.1) is 0 Å². The summed E-state index contributed by atoms with van der Waals surface area (Å²) in [5, 5.41) is 2.78. The first-order chi connectivity index (χ1) is 11.0. The van der Waals surface area contributed by atoms with E-state index in [9.17, 15) is 9.59 Å². The number of hydrogen-bond acceptors (Lipinski definition) is 4. The fraction of sp³-hybridized carbons (Fsp3) is 0.188. The van der Waals surface area contributed by atoms with Crippen molar-refractivity contribution in [1.82, 2.24) is 14.1 Å². The van der Waals surface area contributed by atoms with Crippen LogP contribution in [0.25, 0.3) is 11.0 Å². The summed E-state index contributed by atoms with van der Waals surface area (Å²) in [7, 11) is 5.00. The van der Waals surface area contributed by atoms with E-state index in [1.165, 1.54) is 19.4 Å². The molecule has 7 heteroatoms. The molecule has 2 heterocycles. The number of nitrogens with one attached hydrogen (secondary N) is 1. The molecule has 0 spiro atoms. The fourth-order valence-electron chi connectivity index (χ4n) is 2.39. The number of benzene rings is 1. The average Bonchev–Trinajstić information content (AvgIpc) is 2.89. The largest absolute Gasteiger partial charge is 0.491 e. The van der Waals surface area contributed by atoms with E-state index in [4.69, 9.17) is 4.74 Å². The Hall–Kier alpha value is -3.09. The molecule has 2 aromatic heterocycles. The van der Waals surface area contributed by atoms with Crippen LogP contribution in [0.2, 0.25) is 0 Å². The van der Waals surface area contributed by atoms with Crippen LogP contribution in [0.1, 0.15) is 10.5 Å². The molecule has 0 saturated carbocycles. The predicted molar refractivity (Wildman–Crippen MR) is 86.9 cm³/mol. The number of fused-ring (bicyclic) bond motifs is 1. The van der Waals surface area contributed by atoms with E-state index in [-0.39, 0.29) is 22.8 Å². The SMILES string of the molecule is COc1cn(C)c(C(=O)Nc2ccc3c(c2)ncn3C)cc1=O. The Balaban J connectivity index is 1.91. The van der Waals surface area contributed by atoms with Gasteiger partial charge in [0.15, 0.2) is 5.75 Å². The minimum Gasteiger partial charge on any atom is -0.491 e. The molecular formula is C16H16N4O3. The van der Waals surface area contributed by atoms with Gasteiger partial charge in [-0.05, 0) is 18.2 Å². The fourth-order valence-corrected chi connectivity index (χ4v) is 2.39. The van der Waals surface area contributed by atoms with Crippen LogP contribution in [0.4, 0.5) is 5.69 Å². The number of aryl methyl sites for hydroxylation is 2. The van der Waals surface area contributed by atoms with Crippen LogP contribution in [-0.2, 0) is 14.1 Å². The van der Waals surface area contributed by atoms with E-state index < -0.39 is 0 Å². The first-order valence-electron chi connectivity index (χ1n) is 6.96. The molecule has 3 rings (SSSR count). The van der Waals surface area contributed by atoms with Crippen LogP contribution >= 0.6 is 0 Å². The number of imidazole rings is 1. The van der Waals surface area contributed by atoms with Crippen molar-refractivity contribution in [3.63, 3.8) is 0 Å². The van der Waals surface area contributed by atoms with Gasteiger partial charge in [0.25, 0.3) is 5.91 Å². The third-order valence-electron chi connectivity index (χ3n) is 3.64. The summed E-state index contributed by atoms with van der Waals surface area (Å²) in [6.07, 6.45) is 3.20. The molecule has 1 amide bonds. The second-order valence-corrected chi connectivity index (χ2v) is 5.22. The Morgan fingerprint density at radius 3 is 2.74 bits per heavy atom. The number of hydrogen-bond donors (Lipinski definition) is 1. The summed E-state index contributed by atoms with van der Waals surface area (Å²) in [5.74, 6) is -0.179. The molecule has 118 valence electrons. The lowest BCUT2D eigenvalue weighted by Crippen LogP contribution is -2.21. The van der Waals surface area contributed by atoms with Gasteiger partial charge < -0.3 is 19.2 Å². The standard InChI is InChI=1S/C16H16N4O3/c1-19-8-15(23-3)14(21)7-13(19)16(22)18-10-4-5-12-11(6-10)17-9-20(12)2/h4-9H,1-3H3,(H,18,22). The van der Waals surface area contributed by atoms with Crippen LogP contribution < -0.4 is 15.5 Å². The van der Waals surface area contributed by atoms with Crippen molar-refractivity contribution in [3.05, 3.63) is 52.7 Å². The highest BCUT2D eigenvalue weighted by molar-refractivity contribution is 6.03. The second-order valence-electron chi connectivity index (χ2n) is 5.22. The second kappa shape index (κ2) is 5.60. The third-order valence-corrected chi connectivity index (χ3v) is 3.64. The summed E-state index contributed by atoms with van der Waals surface area (Å²) in [6.45, 7) is 0. The number of anilines is 1. The van der Waals surface area contributed by atoms with Crippen molar-refractivity contribution >= 4 is 22.6 Å². The molecule has 1 aromatic carbocycles. The van der Waals surface area contributed by atoms with Crippen LogP contribution in [0.15, 0.2) is 41.6 Å². The zero-order valence-corrected chi connectivity index (χ0v) is 13.0. The molecule has 0 aliphatic rings. The summed E-state index contributed by atoms with van der Waals surface area (Å²) in [6, 6.07) is 6.72. The highest BCUT2D eigenvalue weighted by Gasteiger charge is 2.13. The quantitative estimate of drug-likeness (QED) is 0.795. The first kappa shape index (κ1) is 14.8. The van der Waals surface area contributed by atoms with Gasteiger partial charge in [0.2, 0.25) is 5.43 Å². The Kier molecular flexibility index (Phi) is 3.61. The number of rotatable bonds is 3. The zero-order chi connectivity index (χ0) is 16.6. The number of methoxy groups -OCH3 is 1. The summed E-state index contributed by atoms with van der Waals surface area (Å²) in [4.78, 5) is 28.5. The molecular weight excluding hydrogens is 296 g/mol. The predicted octanol–water partition coefficient (Wildman–Crippen LogP) is 1.53. The molecule has 0 fully saturated rings. The van der Waals surface area contributed by atoms with Gasteiger partial charge in [-0.15, -0.1) is 0 Å². The summed E-state index contributed by atoms with van der Waals surface area (Å²) >= 11 is 0. The van der Waals surface area contributed by atoms with Gasteiger partial charge in [-0.1, -0.05) is 0 Å². The van der Waals surface area contributed by atoms with Crippen molar-refractivity contribution < 1.29 is 9.53 Å². The normalized spacial score (nSPS) is 10.7.